The summed E-state index contributed by atoms with van der Waals surface area (Å²) in [6, 6.07) is -1.19. The lowest BCUT2D eigenvalue weighted by Crippen LogP contribution is -2.61. The molecular weight excluding hydrogens is 887 g/mol. The Labute approximate surface area is 408 Å². The van der Waals surface area contributed by atoms with Crippen LogP contribution in [0.2, 0.25) is 0 Å². The highest BCUT2D eigenvalue weighted by Crippen LogP contribution is 2.39. The van der Waals surface area contributed by atoms with Gasteiger partial charge >= 0.3 is 5.97 Å². The van der Waals surface area contributed by atoms with E-state index < -0.39 is 77.8 Å². The van der Waals surface area contributed by atoms with Gasteiger partial charge in [-0.3, -0.25) is 19.2 Å². The lowest BCUT2D eigenvalue weighted by atomic mass is 9.77. The van der Waals surface area contributed by atoms with Crippen molar-refractivity contribution in [2.24, 2.45) is 35.5 Å². The predicted molar refractivity (Wildman–Crippen MR) is 256 cm³/mol. The van der Waals surface area contributed by atoms with Crippen LogP contribution in [-0.4, -0.2) is 141 Å². The van der Waals surface area contributed by atoms with Gasteiger partial charge in [0.1, 0.15) is 36.5 Å². The molecule has 0 unspecified atom stereocenters. The van der Waals surface area contributed by atoms with Crippen LogP contribution >= 0.6 is 0 Å². The summed E-state index contributed by atoms with van der Waals surface area (Å²) in [6.07, 6.45) is 13.9. The number of esters is 1. The number of aliphatic hydroxyl groups excluding tert-OH is 1. The van der Waals surface area contributed by atoms with Crippen LogP contribution < -0.4 is 0 Å². The summed E-state index contributed by atoms with van der Waals surface area (Å²) in [5.41, 5.74) is 1.27. The second kappa shape index (κ2) is 25.7. The number of fused-ring (bicyclic) bond motifs is 3. The molecule has 0 radical (unpaired) electrons. The quantitative estimate of drug-likeness (QED) is 0.181. The van der Waals surface area contributed by atoms with Crippen molar-refractivity contribution >= 4 is 29.2 Å². The zero-order valence-corrected chi connectivity index (χ0v) is 42.5. The summed E-state index contributed by atoms with van der Waals surface area (Å²) in [5, 5.41) is 35.2. The smallest absolute Gasteiger partial charge is 0.329 e. The number of nitrogens with zero attached hydrogens (tertiary/aromatic N) is 5. The number of hydrogen-bond donors (Lipinski definition) is 2. The van der Waals surface area contributed by atoms with Crippen LogP contribution in [0.5, 0.6) is 0 Å². The van der Waals surface area contributed by atoms with Crippen molar-refractivity contribution < 1.29 is 57.9 Å². The van der Waals surface area contributed by atoms with Gasteiger partial charge in [0.05, 0.1) is 24.4 Å². The minimum atomic E-state index is -2.43. The number of methoxy groups -OCH3 is 3. The number of ketones is 3. The van der Waals surface area contributed by atoms with Gasteiger partial charge in [0.15, 0.2) is 5.78 Å². The standard InChI is InChI=1S/C52H79N5O12/c1-31-16-12-11-13-17-32(2)43(65-8)28-39-21-19-37(7)52(64,69-39)49(61)50(62)56-23-15-14-18-41(56)51(63)68-44(34(4)26-38-20-22-40(45(27-38)66-9)57-30-53-54-55-57)29-42(58)33(3)25-36(6)47(60)48(67-10)46(59)35(5)24-31/h11-13,16-17,25,30-31,33-35,37-41,43-45,47-48,60,64H,14-15,18-24,26-29H2,1-10H3/t31-,33-,34-,35-,37-,38+,39+,40+,41+,43+,44+,45-,47-,48+,52-/m1/s1. The van der Waals surface area contributed by atoms with Gasteiger partial charge in [-0.2, -0.15) is 0 Å². The molecule has 384 valence electrons. The Kier molecular flexibility index (Phi) is 20.8. The molecule has 15 atom stereocenters. The van der Waals surface area contributed by atoms with Crippen LogP contribution in [0.3, 0.4) is 0 Å². The average molecular weight is 966 g/mol. The second-order valence-corrected chi connectivity index (χ2v) is 20.4. The SMILES string of the molecule is CO[C@H]1C[C@@H]2CC[C@@H](C)[C@@](O)(O2)C(=O)C(=O)N2CCCC[C@H]2C(=O)O[C@H]([C@H](C)C[C@@H]2CC[C@H](n3cnnn3)[C@H](OC)C2)CC(=O)[C@H](C)C=C(C)[C@@H](O)[C@@H](OC)C(=O)[C@H](C)C[C@H](C)C=CC=CC=C1C. The van der Waals surface area contributed by atoms with Crippen molar-refractivity contribution in [3.8, 4) is 0 Å². The molecule has 5 rings (SSSR count). The molecule has 69 heavy (non-hydrogen) atoms. The molecule has 3 aliphatic heterocycles. The van der Waals surface area contributed by atoms with Crippen LogP contribution in [0.4, 0.5) is 0 Å². The molecule has 1 saturated carbocycles. The zero-order valence-electron chi connectivity index (χ0n) is 42.5. The van der Waals surface area contributed by atoms with Gasteiger partial charge in [-0.05, 0) is 117 Å². The monoisotopic (exact) mass is 966 g/mol. The Morgan fingerprint density at radius 2 is 1.64 bits per heavy atom. The van der Waals surface area contributed by atoms with E-state index in [0.29, 0.717) is 56.9 Å². The van der Waals surface area contributed by atoms with E-state index >= 15 is 0 Å². The molecule has 2 saturated heterocycles. The van der Waals surface area contributed by atoms with Crippen LogP contribution in [0.25, 0.3) is 0 Å². The Morgan fingerprint density at radius 3 is 2.32 bits per heavy atom. The number of amides is 1. The number of aliphatic hydroxyl groups is 2. The molecule has 4 heterocycles. The van der Waals surface area contributed by atoms with Gasteiger partial charge in [0.2, 0.25) is 5.79 Å². The Hall–Kier alpha value is -4.26. The number of allylic oxidation sites excluding steroid dienone is 6. The van der Waals surface area contributed by atoms with E-state index in [1.807, 2.05) is 58.1 Å². The third-order valence-electron chi connectivity index (χ3n) is 15.2. The van der Waals surface area contributed by atoms with Crippen molar-refractivity contribution in [2.75, 3.05) is 27.9 Å². The zero-order chi connectivity index (χ0) is 50.6. The average Bonchev–Trinajstić information content (AvgIpc) is 3.88. The van der Waals surface area contributed by atoms with Gasteiger partial charge in [-0.15, -0.1) is 5.10 Å². The number of cyclic esters (lactones) is 1. The van der Waals surface area contributed by atoms with Crippen molar-refractivity contribution in [2.45, 2.75) is 180 Å². The number of piperidine rings is 1. The number of carbonyl (C=O) groups is 5. The minimum absolute atomic E-state index is 0.0170. The van der Waals surface area contributed by atoms with Gasteiger partial charge in [0.25, 0.3) is 11.7 Å². The Morgan fingerprint density at radius 1 is 0.884 bits per heavy atom. The lowest BCUT2D eigenvalue weighted by molar-refractivity contribution is -0.265. The maximum atomic E-state index is 14.5. The first-order chi connectivity index (χ1) is 32.8. The molecule has 0 aromatic carbocycles. The molecule has 2 bridgehead atoms. The number of hydrogen-bond acceptors (Lipinski definition) is 15. The molecule has 3 fully saturated rings. The molecule has 2 N–H and O–H groups in total. The van der Waals surface area contributed by atoms with Crippen LogP contribution in [0, 0.1) is 35.5 Å². The first-order valence-electron chi connectivity index (χ1n) is 25.0. The van der Waals surface area contributed by atoms with Crippen molar-refractivity contribution in [3.63, 3.8) is 0 Å². The van der Waals surface area contributed by atoms with E-state index in [1.54, 1.807) is 52.1 Å². The maximum absolute atomic E-state index is 14.5. The normalized spacial score (nSPS) is 36.3. The molecule has 1 aromatic rings. The first-order valence-corrected chi connectivity index (χ1v) is 25.0. The van der Waals surface area contributed by atoms with E-state index in [4.69, 9.17) is 23.7 Å². The molecular formula is C52H79N5O12. The maximum Gasteiger partial charge on any atom is 0.329 e. The topological polar surface area (TPSA) is 219 Å². The van der Waals surface area contributed by atoms with Crippen LogP contribution in [0.15, 0.2) is 53.9 Å². The van der Waals surface area contributed by atoms with E-state index in [2.05, 4.69) is 15.5 Å². The van der Waals surface area contributed by atoms with Crippen LogP contribution in [-0.2, 0) is 47.7 Å². The van der Waals surface area contributed by atoms with E-state index in [1.165, 1.54) is 12.0 Å². The third kappa shape index (κ3) is 14.2. The molecule has 1 aromatic heterocycles. The fraction of sp³-hybridized carbons (Fsp3) is 0.731. The number of Topliss-reactive ketones (excluding diaryl/α,β-unsaturated/α-hetero) is 3. The van der Waals surface area contributed by atoms with E-state index in [0.717, 1.165) is 18.4 Å². The number of aromatic nitrogens is 4. The van der Waals surface area contributed by atoms with Gasteiger partial charge in [-0.1, -0.05) is 71.1 Å². The number of rotatable bonds is 7. The first kappa shape index (κ1) is 55.7. The highest BCUT2D eigenvalue weighted by molar-refractivity contribution is 6.39. The van der Waals surface area contributed by atoms with Crippen molar-refractivity contribution in [3.05, 3.63) is 53.9 Å². The van der Waals surface area contributed by atoms with Gasteiger partial charge in [-0.25, -0.2) is 9.48 Å². The summed E-state index contributed by atoms with van der Waals surface area (Å²) < 4.78 is 31.6. The van der Waals surface area contributed by atoms with Crippen LogP contribution in [0.1, 0.15) is 132 Å². The number of tetrazole rings is 1. The number of carbonyl (C=O) groups excluding carboxylic acids is 5. The van der Waals surface area contributed by atoms with Crippen molar-refractivity contribution in [1.82, 2.24) is 25.1 Å². The Balaban J connectivity index is 1.46. The molecule has 17 nitrogen and oxygen atoms in total. The predicted octanol–water partition coefficient (Wildman–Crippen LogP) is 6.05. The van der Waals surface area contributed by atoms with E-state index in [-0.39, 0.29) is 60.9 Å². The number of ether oxygens (including phenoxy) is 5. The molecule has 1 aliphatic carbocycles. The van der Waals surface area contributed by atoms with Gasteiger partial charge < -0.3 is 38.8 Å². The van der Waals surface area contributed by atoms with Gasteiger partial charge in [0, 0.05) is 58.5 Å². The largest absolute Gasteiger partial charge is 0.460 e. The Bertz CT molecular complexity index is 2020. The third-order valence-corrected chi connectivity index (χ3v) is 15.2. The second-order valence-electron chi connectivity index (χ2n) is 20.4. The fourth-order valence-corrected chi connectivity index (χ4v) is 10.7. The summed E-state index contributed by atoms with van der Waals surface area (Å²) in [4.78, 5) is 72.3. The fourth-order valence-electron chi connectivity index (χ4n) is 10.7. The molecule has 4 aliphatic rings. The molecule has 1 amide bonds. The summed E-state index contributed by atoms with van der Waals surface area (Å²) in [5.74, 6) is -7.92. The summed E-state index contributed by atoms with van der Waals surface area (Å²) >= 11 is 0. The highest BCUT2D eigenvalue weighted by Gasteiger charge is 2.53. The van der Waals surface area contributed by atoms with Crippen molar-refractivity contribution in [1.29, 1.82) is 0 Å². The molecule has 17 heteroatoms. The summed E-state index contributed by atoms with van der Waals surface area (Å²) in [6.45, 7) is 12.8. The minimum Gasteiger partial charge on any atom is -0.460 e. The highest BCUT2D eigenvalue weighted by atomic mass is 16.6. The van der Waals surface area contributed by atoms with E-state index in [9.17, 15) is 34.2 Å². The lowest BCUT2D eigenvalue weighted by Gasteiger charge is -2.42. The summed E-state index contributed by atoms with van der Waals surface area (Å²) in [7, 11) is 4.62. The molecule has 0 spiro atoms.